The van der Waals surface area contributed by atoms with Crippen LogP contribution >= 0.6 is 0 Å². The van der Waals surface area contributed by atoms with E-state index in [0.29, 0.717) is 5.92 Å². The fourth-order valence-electron chi connectivity index (χ4n) is 2.11. The Balaban J connectivity index is 2.75. The summed E-state index contributed by atoms with van der Waals surface area (Å²) in [5.41, 5.74) is 3.95. The van der Waals surface area contributed by atoms with Gasteiger partial charge in [-0.05, 0) is 29.5 Å². The molecule has 15 heavy (non-hydrogen) atoms. The lowest BCUT2D eigenvalue weighted by Crippen LogP contribution is -1.98. The van der Waals surface area contributed by atoms with Crippen molar-refractivity contribution in [3.05, 3.63) is 41.6 Å². The monoisotopic (exact) mass is 199 g/mol. The van der Waals surface area contributed by atoms with Gasteiger partial charge in [0.25, 0.3) is 0 Å². The molecule has 0 saturated heterocycles. The first kappa shape index (κ1) is 10.2. The molecule has 0 unspecified atom stereocenters. The van der Waals surface area contributed by atoms with E-state index >= 15 is 0 Å². The molecule has 0 aliphatic heterocycles. The highest BCUT2D eigenvalue weighted by atomic mass is 14.7. The van der Waals surface area contributed by atoms with Crippen molar-refractivity contribution in [3.63, 3.8) is 0 Å². The number of pyridine rings is 1. The number of hydrogen-bond acceptors (Lipinski definition) is 1. The van der Waals surface area contributed by atoms with Crippen molar-refractivity contribution in [2.45, 2.75) is 33.1 Å². The van der Waals surface area contributed by atoms with Gasteiger partial charge < -0.3 is 0 Å². The summed E-state index contributed by atoms with van der Waals surface area (Å²) >= 11 is 0. The predicted molar refractivity (Wildman–Crippen MR) is 65.2 cm³/mol. The van der Waals surface area contributed by atoms with Gasteiger partial charge in [0.05, 0.1) is 5.52 Å². The highest BCUT2D eigenvalue weighted by Crippen LogP contribution is 2.26. The van der Waals surface area contributed by atoms with Crippen molar-refractivity contribution in [3.8, 4) is 0 Å². The molecule has 2 aromatic rings. The zero-order valence-corrected chi connectivity index (χ0v) is 9.62. The van der Waals surface area contributed by atoms with E-state index in [1.807, 2.05) is 12.3 Å². The maximum absolute atomic E-state index is 4.51. The van der Waals surface area contributed by atoms with Crippen LogP contribution in [0.2, 0.25) is 0 Å². The first-order valence-corrected chi connectivity index (χ1v) is 5.60. The van der Waals surface area contributed by atoms with Gasteiger partial charge in [0.15, 0.2) is 0 Å². The average Bonchev–Trinajstić information content (AvgIpc) is 2.27. The molecule has 0 radical (unpaired) electrons. The number of aryl methyl sites for hydroxylation is 1. The van der Waals surface area contributed by atoms with Crippen LogP contribution in [0.25, 0.3) is 10.9 Å². The van der Waals surface area contributed by atoms with E-state index in [9.17, 15) is 0 Å². The Bertz CT molecular complexity index is 472. The van der Waals surface area contributed by atoms with Gasteiger partial charge in [-0.1, -0.05) is 39.0 Å². The normalized spacial score (nSPS) is 11.2. The minimum absolute atomic E-state index is 0.553. The molecule has 0 amide bonds. The summed E-state index contributed by atoms with van der Waals surface area (Å²) in [6.07, 6.45) is 3.11. The number of benzene rings is 1. The van der Waals surface area contributed by atoms with E-state index in [1.165, 1.54) is 16.5 Å². The Morgan fingerprint density at radius 1 is 1.20 bits per heavy atom. The molecule has 78 valence electrons. The summed E-state index contributed by atoms with van der Waals surface area (Å²) in [6.45, 7) is 6.67. The molecule has 0 aliphatic carbocycles. The largest absolute Gasteiger partial charge is 0.256 e. The summed E-state index contributed by atoms with van der Waals surface area (Å²) in [4.78, 5) is 4.51. The fourth-order valence-corrected chi connectivity index (χ4v) is 2.11. The van der Waals surface area contributed by atoms with Crippen LogP contribution in [-0.4, -0.2) is 4.98 Å². The van der Waals surface area contributed by atoms with Crippen molar-refractivity contribution in [2.75, 3.05) is 0 Å². The van der Waals surface area contributed by atoms with Crippen LogP contribution in [0.3, 0.4) is 0 Å². The maximum atomic E-state index is 4.51. The first-order valence-electron chi connectivity index (χ1n) is 5.60. The molecule has 2 rings (SSSR count). The molecule has 0 N–H and O–H groups in total. The van der Waals surface area contributed by atoms with Crippen molar-refractivity contribution in [1.82, 2.24) is 4.98 Å². The average molecular weight is 199 g/mol. The maximum Gasteiger partial charge on any atom is 0.0704 e. The van der Waals surface area contributed by atoms with Crippen LogP contribution in [0, 0.1) is 0 Å². The van der Waals surface area contributed by atoms with Gasteiger partial charge in [0, 0.05) is 11.6 Å². The van der Waals surface area contributed by atoms with E-state index in [0.717, 1.165) is 11.9 Å². The minimum Gasteiger partial charge on any atom is -0.256 e. The van der Waals surface area contributed by atoms with Gasteiger partial charge in [-0.3, -0.25) is 4.98 Å². The van der Waals surface area contributed by atoms with E-state index < -0.39 is 0 Å². The van der Waals surface area contributed by atoms with Crippen LogP contribution in [-0.2, 0) is 6.42 Å². The van der Waals surface area contributed by atoms with Crippen molar-refractivity contribution < 1.29 is 0 Å². The molecule has 1 aromatic carbocycles. The quantitative estimate of drug-likeness (QED) is 0.714. The minimum atomic E-state index is 0.553. The number of nitrogens with zero attached hydrogens (tertiary/aromatic N) is 1. The van der Waals surface area contributed by atoms with Gasteiger partial charge in [0.2, 0.25) is 0 Å². The van der Waals surface area contributed by atoms with E-state index in [2.05, 4.69) is 44.0 Å². The number of fused-ring (bicyclic) bond motifs is 1. The summed E-state index contributed by atoms with van der Waals surface area (Å²) in [5, 5.41) is 1.31. The third-order valence-electron chi connectivity index (χ3n) is 2.90. The highest BCUT2D eigenvalue weighted by Gasteiger charge is 2.09. The number of para-hydroxylation sites is 1. The molecule has 0 aliphatic rings. The highest BCUT2D eigenvalue weighted by molar-refractivity contribution is 5.83. The molecule has 1 nitrogen and oxygen atoms in total. The third-order valence-corrected chi connectivity index (χ3v) is 2.90. The van der Waals surface area contributed by atoms with Gasteiger partial charge in [-0.25, -0.2) is 0 Å². The summed E-state index contributed by atoms with van der Waals surface area (Å²) in [7, 11) is 0. The van der Waals surface area contributed by atoms with E-state index in [4.69, 9.17) is 0 Å². The van der Waals surface area contributed by atoms with Crippen LogP contribution < -0.4 is 0 Å². The molecule has 1 heterocycles. The standard InChI is InChI=1S/C14H17N/c1-4-11-12-7-5-6-8-14(12)15-9-13(11)10(2)3/h5-10H,4H2,1-3H3. The van der Waals surface area contributed by atoms with Crippen LogP contribution in [0.5, 0.6) is 0 Å². The van der Waals surface area contributed by atoms with Crippen molar-refractivity contribution >= 4 is 10.9 Å². The second-order valence-electron chi connectivity index (χ2n) is 4.22. The Labute approximate surface area is 91.2 Å². The Hall–Kier alpha value is -1.37. The molecule has 0 spiro atoms. The fraction of sp³-hybridized carbons (Fsp3) is 0.357. The van der Waals surface area contributed by atoms with Crippen molar-refractivity contribution in [1.29, 1.82) is 0 Å². The van der Waals surface area contributed by atoms with Gasteiger partial charge >= 0.3 is 0 Å². The Morgan fingerprint density at radius 3 is 2.60 bits per heavy atom. The lowest BCUT2D eigenvalue weighted by Gasteiger charge is -2.13. The molecule has 1 heteroatoms. The molecular formula is C14H17N. The lowest BCUT2D eigenvalue weighted by atomic mass is 9.94. The summed E-state index contributed by atoms with van der Waals surface area (Å²) < 4.78 is 0. The smallest absolute Gasteiger partial charge is 0.0704 e. The van der Waals surface area contributed by atoms with Crippen LogP contribution in [0.4, 0.5) is 0 Å². The summed E-state index contributed by atoms with van der Waals surface area (Å²) in [5.74, 6) is 0.553. The number of aromatic nitrogens is 1. The lowest BCUT2D eigenvalue weighted by molar-refractivity contribution is 0.841. The topological polar surface area (TPSA) is 12.9 Å². The Morgan fingerprint density at radius 2 is 1.93 bits per heavy atom. The van der Waals surface area contributed by atoms with E-state index in [-0.39, 0.29) is 0 Å². The third kappa shape index (κ3) is 1.74. The second kappa shape index (κ2) is 4.01. The van der Waals surface area contributed by atoms with Gasteiger partial charge in [0.1, 0.15) is 0 Å². The van der Waals surface area contributed by atoms with Crippen LogP contribution in [0.15, 0.2) is 30.5 Å². The second-order valence-corrected chi connectivity index (χ2v) is 4.22. The molecular weight excluding hydrogens is 182 g/mol. The summed E-state index contributed by atoms with van der Waals surface area (Å²) in [6, 6.07) is 8.39. The van der Waals surface area contributed by atoms with E-state index in [1.54, 1.807) is 0 Å². The molecule has 0 saturated carbocycles. The van der Waals surface area contributed by atoms with Gasteiger partial charge in [-0.15, -0.1) is 0 Å². The van der Waals surface area contributed by atoms with Crippen molar-refractivity contribution in [2.24, 2.45) is 0 Å². The SMILES string of the molecule is CCc1c(C(C)C)cnc2ccccc12. The molecule has 0 atom stereocenters. The van der Waals surface area contributed by atoms with Gasteiger partial charge in [-0.2, -0.15) is 0 Å². The molecule has 1 aromatic heterocycles. The Kier molecular flexibility index (Phi) is 2.72. The number of rotatable bonds is 2. The molecule has 0 bridgehead atoms. The molecule has 0 fully saturated rings. The number of hydrogen-bond donors (Lipinski definition) is 0. The predicted octanol–water partition coefficient (Wildman–Crippen LogP) is 3.92. The zero-order valence-electron chi connectivity index (χ0n) is 9.62. The first-order chi connectivity index (χ1) is 7.24. The van der Waals surface area contributed by atoms with Crippen LogP contribution in [0.1, 0.15) is 37.8 Å². The zero-order chi connectivity index (χ0) is 10.8.